The summed E-state index contributed by atoms with van der Waals surface area (Å²) in [7, 11) is 1.64. The minimum absolute atomic E-state index is 0.153. The Balaban J connectivity index is 2.23. The van der Waals surface area contributed by atoms with Crippen molar-refractivity contribution in [3.8, 4) is 5.75 Å². The predicted molar refractivity (Wildman–Crippen MR) is 74.4 cm³/mol. The third-order valence-corrected chi connectivity index (χ3v) is 2.83. The van der Waals surface area contributed by atoms with Crippen LogP contribution >= 0.6 is 0 Å². The van der Waals surface area contributed by atoms with E-state index >= 15 is 0 Å². The smallest absolute Gasteiger partial charge is 0.317 e. The van der Waals surface area contributed by atoms with Crippen molar-refractivity contribution >= 4 is 6.03 Å². The summed E-state index contributed by atoms with van der Waals surface area (Å²) in [5, 5.41) is 5.36. The van der Waals surface area contributed by atoms with Crippen LogP contribution in [0, 0.1) is 13.8 Å². The van der Waals surface area contributed by atoms with Gasteiger partial charge in [-0.05, 0) is 37.5 Å². The standard InChI is InChI=1S/C14H22N2O3/c1-11-6-4-7-13(12(11)2)19-10-16-14(17)15-8-5-9-18-3/h4,6-7H,5,8-10H2,1-3H3,(H2,15,16,17). The molecule has 0 unspecified atom stereocenters. The highest BCUT2D eigenvalue weighted by Crippen LogP contribution is 2.19. The summed E-state index contributed by atoms with van der Waals surface area (Å²) in [6.45, 7) is 5.40. The van der Waals surface area contributed by atoms with Crippen LogP contribution in [0.25, 0.3) is 0 Å². The van der Waals surface area contributed by atoms with Crippen LogP contribution in [0.15, 0.2) is 18.2 Å². The molecule has 0 fully saturated rings. The first kappa shape index (κ1) is 15.3. The topological polar surface area (TPSA) is 59.6 Å². The predicted octanol–water partition coefficient (Wildman–Crippen LogP) is 1.98. The molecule has 5 nitrogen and oxygen atoms in total. The van der Waals surface area contributed by atoms with Crippen molar-refractivity contribution in [3.63, 3.8) is 0 Å². The van der Waals surface area contributed by atoms with E-state index < -0.39 is 0 Å². The molecule has 1 aromatic carbocycles. The Hall–Kier alpha value is -1.75. The van der Waals surface area contributed by atoms with Gasteiger partial charge in [-0.2, -0.15) is 0 Å². The van der Waals surface area contributed by atoms with Crippen LogP contribution in [0.5, 0.6) is 5.75 Å². The lowest BCUT2D eigenvalue weighted by Crippen LogP contribution is -2.38. The van der Waals surface area contributed by atoms with Crippen molar-refractivity contribution in [1.82, 2.24) is 10.6 Å². The Morgan fingerprint density at radius 1 is 1.26 bits per heavy atom. The number of hydrogen-bond acceptors (Lipinski definition) is 3. The summed E-state index contributed by atoms with van der Waals surface area (Å²) < 4.78 is 10.4. The third-order valence-electron chi connectivity index (χ3n) is 2.83. The number of urea groups is 1. The van der Waals surface area contributed by atoms with Crippen LogP contribution in [0.4, 0.5) is 4.79 Å². The number of benzene rings is 1. The Morgan fingerprint density at radius 2 is 2.05 bits per heavy atom. The number of methoxy groups -OCH3 is 1. The molecule has 0 aromatic heterocycles. The van der Waals surface area contributed by atoms with Gasteiger partial charge in [-0.1, -0.05) is 12.1 Å². The number of aryl methyl sites for hydroxylation is 1. The molecule has 0 saturated heterocycles. The molecule has 1 aromatic rings. The first-order valence-electron chi connectivity index (χ1n) is 6.34. The van der Waals surface area contributed by atoms with Crippen molar-refractivity contribution in [2.75, 3.05) is 27.0 Å². The molecule has 0 radical (unpaired) electrons. The van der Waals surface area contributed by atoms with Crippen LogP contribution in [0.3, 0.4) is 0 Å². The Labute approximate surface area is 114 Å². The fourth-order valence-corrected chi connectivity index (χ4v) is 1.54. The van der Waals surface area contributed by atoms with Crippen molar-refractivity contribution < 1.29 is 14.3 Å². The molecule has 19 heavy (non-hydrogen) atoms. The largest absolute Gasteiger partial charge is 0.473 e. The third kappa shape index (κ3) is 5.61. The summed E-state index contributed by atoms with van der Waals surface area (Å²) in [5.74, 6) is 0.791. The summed E-state index contributed by atoms with van der Waals surface area (Å²) in [5.41, 5.74) is 2.26. The molecule has 5 heteroatoms. The number of amides is 2. The van der Waals surface area contributed by atoms with Crippen molar-refractivity contribution in [2.45, 2.75) is 20.3 Å². The van der Waals surface area contributed by atoms with Gasteiger partial charge in [0.2, 0.25) is 0 Å². The highest BCUT2D eigenvalue weighted by molar-refractivity contribution is 5.73. The van der Waals surface area contributed by atoms with Crippen LogP contribution in [0.1, 0.15) is 17.5 Å². The monoisotopic (exact) mass is 266 g/mol. The van der Waals surface area contributed by atoms with E-state index in [0.29, 0.717) is 13.2 Å². The maximum absolute atomic E-state index is 11.4. The summed E-state index contributed by atoms with van der Waals surface area (Å²) in [4.78, 5) is 11.4. The van der Waals surface area contributed by atoms with Crippen molar-refractivity contribution in [3.05, 3.63) is 29.3 Å². The van der Waals surface area contributed by atoms with Gasteiger partial charge in [0, 0.05) is 20.3 Å². The first-order valence-corrected chi connectivity index (χ1v) is 6.34. The second-order valence-corrected chi connectivity index (χ2v) is 4.27. The number of ether oxygens (including phenoxy) is 2. The molecule has 0 heterocycles. The Morgan fingerprint density at radius 3 is 2.79 bits per heavy atom. The van der Waals surface area contributed by atoms with E-state index in [4.69, 9.17) is 9.47 Å². The van der Waals surface area contributed by atoms with Crippen molar-refractivity contribution in [2.24, 2.45) is 0 Å². The van der Waals surface area contributed by atoms with E-state index in [1.54, 1.807) is 7.11 Å². The average molecular weight is 266 g/mol. The Kier molecular flexibility index (Phi) is 6.74. The minimum Gasteiger partial charge on any atom is -0.473 e. The molecular weight excluding hydrogens is 244 g/mol. The zero-order valence-corrected chi connectivity index (χ0v) is 11.8. The molecule has 106 valence electrons. The molecule has 2 amide bonds. The minimum atomic E-state index is -0.235. The highest BCUT2D eigenvalue weighted by Gasteiger charge is 2.02. The van der Waals surface area contributed by atoms with Gasteiger partial charge in [0.1, 0.15) is 5.75 Å². The molecule has 0 aliphatic heterocycles. The lowest BCUT2D eigenvalue weighted by Gasteiger charge is -2.12. The first-order chi connectivity index (χ1) is 9.15. The van der Waals surface area contributed by atoms with Crippen LogP contribution < -0.4 is 15.4 Å². The number of nitrogens with one attached hydrogen (secondary N) is 2. The zero-order chi connectivity index (χ0) is 14.1. The maximum atomic E-state index is 11.4. The Bertz CT molecular complexity index is 408. The molecule has 0 saturated carbocycles. The van der Waals surface area contributed by atoms with Crippen molar-refractivity contribution in [1.29, 1.82) is 0 Å². The number of hydrogen-bond donors (Lipinski definition) is 2. The molecule has 2 N–H and O–H groups in total. The van der Waals surface area contributed by atoms with Gasteiger partial charge in [-0.3, -0.25) is 0 Å². The van der Waals surface area contributed by atoms with Gasteiger partial charge in [0.15, 0.2) is 6.73 Å². The number of carbonyl (C=O) groups excluding carboxylic acids is 1. The fraction of sp³-hybridized carbons (Fsp3) is 0.500. The van der Waals surface area contributed by atoms with E-state index in [-0.39, 0.29) is 12.8 Å². The summed E-state index contributed by atoms with van der Waals surface area (Å²) in [6.07, 6.45) is 0.793. The lowest BCUT2D eigenvalue weighted by atomic mass is 10.1. The fourth-order valence-electron chi connectivity index (χ4n) is 1.54. The van der Waals surface area contributed by atoms with Gasteiger partial charge in [0.05, 0.1) is 0 Å². The molecule has 0 spiro atoms. The lowest BCUT2D eigenvalue weighted by molar-refractivity contribution is 0.192. The normalized spacial score (nSPS) is 10.1. The van der Waals surface area contributed by atoms with E-state index in [0.717, 1.165) is 17.7 Å². The number of rotatable bonds is 7. The SMILES string of the molecule is COCCCNC(=O)NCOc1cccc(C)c1C. The van der Waals surface area contributed by atoms with E-state index in [1.807, 2.05) is 32.0 Å². The van der Waals surface area contributed by atoms with E-state index in [9.17, 15) is 4.79 Å². The second-order valence-electron chi connectivity index (χ2n) is 4.27. The van der Waals surface area contributed by atoms with E-state index in [2.05, 4.69) is 10.6 Å². The second kappa shape index (κ2) is 8.37. The number of carbonyl (C=O) groups is 1. The quantitative estimate of drug-likeness (QED) is 0.586. The summed E-state index contributed by atoms with van der Waals surface area (Å²) >= 11 is 0. The van der Waals surface area contributed by atoms with Crippen LogP contribution in [0.2, 0.25) is 0 Å². The van der Waals surface area contributed by atoms with Gasteiger partial charge in [0.25, 0.3) is 0 Å². The molecule has 0 atom stereocenters. The molecule has 0 aliphatic carbocycles. The van der Waals surface area contributed by atoms with Crippen LogP contribution in [-0.4, -0.2) is 33.0 Å². The molecule has 1 rings (SSSR count). The summed E-state index contributed by atoms with van der Waals surface area (Å²) in [6, 6.07) is 5.61. The van der Waals surface area contributed by atoms with Gasteiger partial charge in [-0.25, -0.2) is 4.79 Å². The molecule has 0 aliphatic rings. The average Bonchev–Trinajstić information content (AvgIpc) is 2.40. The maximum Gasteiger partial charge on any atom is 0.317 e. The van der Waals surface area contributed by atoms with Gasteiger partial charge >= 0.3 is 6.03 Å². The van der Waals surface area contributed by atoms with E-state index in [1.165, 1.54) is 5.56 Å². The molecular formula is C14H22N2O3. The highest BCUT2D eigenvalue weighted by atomic mass is 16.5. The van der Waals surface area contributed by atoms with Gasteiger partial charge in [-0.15, -0.1) is 0 Å². The molecule has 0 bridgehead atoms. The van der Waals surface area contributed by atoms with Crippen LogP contribution in [-0.2, 0) is 4.74 Å². The van der Waals surface area contributed by atoms with Gasteiger partial charge < -0.3 is 20.1 Å². The zero-order valence-electron chi connectivity index (χ0n) is 11.8.